The predicted molar refractivity (Wildman–Crippen MR) is 65.9 cm³/mol. The minimum Gasteiger partial charge on any atom is -0.380 e. The van der Waals surface area contributed by atoms with E-state index in [-0.39, 0.29) is 6.10 Å². The highest BCUT2D eigenvalue weighted by Crippen LogP contribution is 2.10. The number of rotatable bonds is 6. The number of aryl methyl sites for hydroxylation is 1. The summed E-state index contributed by atoms with van der Waals surface area (Å²) in [5.41, 5.74) is 0. The first-order chi connectivity index (χ1) is 7.65. The van der Waals surface area contributed by atoms with Crippen molar-refractivity contribution in [3.05, 3.63) is 11.9 Å². The molecule has 1 rings (SSSR count). The van der Waals surface area contributed by atoms with Crippen LogP contribution >= 0.6 is 0 Å². The molecule has 0 aliphatic rings. The number of methoxy groups -OCH3 is 1. The van der Waals surface area contributed by atoms with E-state index in [9.17, 15) is 0 Å². The lowest BCUT2D eigenvalue weighted by Gasteiger charge is -2.12. The van der Waals surface area contributed by atoms with E-state index in [0.29, 0.717) is 0 Å². The zero-order valence-electron chi connectivity index (χ0n) is 10.4. The molecular weight excluding hydrogens is 204 g/mol. The average Bonchev–Trinajstić information content (AvgIpc) is 2.25. The summed E-state index contributed by atoms with van der Waals surface area (Å²) in [7, 11) is 1.70. The lowest BCUT2D eigenvalue weighted by molar-refractivity contribution is 0.128. The van der Waals surface area contributed by atoms with Crippen molar-refractivity contribution in [1.29, 1.82) is 0 Å². The maximum atomic E-state index is 5.16. The van der Waals surface area contributed by atoms with Crippen LogP contribution in [0.15, 0.2) is 6.07 Å². The van der Waals surface area contributed by atoms with Crippen LogP contribution in [0.2, 0.25) is 0 Å². The third-order valence-corrected chi connectivity index (χ3v) is 2.17. The molecule has 1 atom stereocenters. The van der Waals surface area contributed by atoms with Gasteiger partial charge in [0, 0.05) is 26.3 Å². The summed E-state index contributed by atoms with van der Waals surface area (Å²) >= 11 is 0. The van der Waals surface area contributed by atoms with Crippen LogP contribution in [-0.4, -0.2) is 36.3 Å². The number of nitrogens with zero attached hydrogens (tertiary/aromatic N) is 2. The maximum absolute atomic E-state index is 5.16. The van der Waals surface area contributed by atoms with Crippen LogP contribution < -0.4 is 10.6 Å². The van der Waals surface area contributed by atoms with E-state index >= 15 is 0 Å². The van der Waals surface area contributed by atoms with Crippen molar-refractivity contribution < 1.29 is 4.74 Å². The molecule has 1 aromatic rings. The van der Waals surface area contributed by atoms with Gasteiger partial charge in [-0.1, -0.05) is 0 Å². The Bertz CT molecular complexity index is 330. The standard InChI is InChI=1S/C11H20N4O/c1-5-12-10-6-11(15-9(3)14-10)13-7-8(2)16-4/h6,8H,5,7H2,1-4H3,(H2,12,13,14,15). The van der Waals surface area contributed by atoms with Crippen LogP contribution in [0.3, 0.4) is 0 Å². The van der Waals surface area contributed by atoms with Crippen molar-refractivity contribution in [3.63, 3.8) is 0 Å². The van der Waals surface area contributed by atoms with E-state index in [4.69, 9.17) is 4.74 Å². The second-order valence-corrected chi connectivity index (χ2v) is 3.64. The third kappa shape index (κ3) is 4.02. The molecule has 0 aliphatic carbocycles. The van der Waals surface area contributed by atoms with Crippen LogP contribution in [0, 0.1) is 6.92 Å². The number of ether oxygens (including phenoxy) is 1. The summed E-state index contributed by atoms with van der Waals surface area (Å²) in [5.74, 6) is 2.43. The first-order valence-electron chi connectivity index (χ1n) is 5.52. The fourth-order valence-corrected chi connectivity index (χ4v) is 1.26. The van der Waals surface area contributed by atoms with Gasteiger partial charge in [0.25, 0.3) is 0 Å². The van der Waals surface area contributed by atoms with Crippen molar-refractivity contribution in [2.45, 2.75) is 26.9 Å². The van der Waals surface area contributed by atoms with Gasteiger partial charge in [-0.15, -0.1) is 0 Å². The highest BCUT2D eigenvalue weighted by atomic mass is 16.5. The molecule has 1 heterocycles. The van der Waals surface area contributed by atoms with Gasteiger partial charge in [-0.25, -0.2) is 9.97 Å². The smallest absolute Gasteiger partial charge is 0.131 e. The summed E-state index contributed by atoms with van der Waals surface area (Å²) in [4.78, 5) is 8.58. The SMILES string of the molecule is CCNc1cc(NCC(C)OC)nc(C)n1. The van der Waals surface area contributed by atoms with Crippen molar-refractivity contribution >= 4 is 11.6 Å². The molecule has 2 N–H and O–H groups in total. The highest BCUT2D eigenvalue weighted by Gasteiger charge is 2.03. The normalized spacial score (nSPS) is 12.2. The molecule has 0 saturated heterocycles. The Kier molecular flexibility index (Phi) is 4.98. The number of aromatic nitrogens is 2. The van der Waals surface area contributed by atoms with Gasteiger partial charge in [-0.2, -0.15) is 0 Å². The second-order valence-electron chi connectivity index (χ2n) is 3.64. The number of anilines is 2. The van der Waals surface area contributed by atoms with E-state index in [0.717, 1.165) is 30.5 Å². The Balaban J connectivity index is 2.64. The fourth-order valence-electron chi connectivity index (χ4n) is 1.26. The zero-order chi connectivity index (χ0) is 12.0. The van der Waals surface area contributed by atoms with E-state index in [2.05, 4.69) is 20.6 Å². The zero-order valence-corrected chi connectivity index (χ0v) is 10.4. The number of hydrogen-bond donors (Lipinski definition) is 2. The lowest BCUT2D eigenvalue weighted by atomic mass is 10.4. The Labute approximate surface area is 96.6 Å². The Morgan fingerprint density at radius 3 is 2.50 bits per heavy atom. The van der Waals surface area contributed by atoms with Gasteiger partial charge in [-0.3, -0.25) is 0 Å². The van der Waals surface area contributed by atoms with E-state index in [1.165, 1.54) is 0 Å². The van der Waals surface area contributed by atoms with Gasteiger partial charge in [0.15, 0.2) is 0 Å². The van der Waals surface area contributed by atoms with Crippen LogP contribution in [0.1, 0.15) is 19.7 Å². The van der Waals surface area contributed by atoms with Crippen LogP contribution in [0.4, 0.5) is 11.6 Å². The molecule has 16 heavy (non-hydrogen) atoms. The second kappa shape index (κ2) is 6.27. The molecule has 1 aromatic heterocycles. The van der Waals surface area contributed by atoms with Gasteiger partial charge in [-0.05, 0) is 20.8 Å². The van der Waals surface area contributed by atoms with Crippen molar-refractivity contribution in [2.75, 3.05) is 30.8 Å². The number of nitrogens with one attached hydrogen (secondary N) is 2. The summed E-state index contributed by atoms with van der Waals surface area (Å²) in [6.45, 7) is 7.51. The topological polar surface area (TPSA) is 59.1 Å². The first kappa shape index (κ1) is 12.7. The van der Waals surface area contributed by atoms with Gasteiger partial charge in [0.2, 0.25) is 0 Å². The molecular formula is C11H20N4O. The maximum Gasteiger partial charge on any atom is 0.131 e. The van der Waals surface area contributed by atoms with Crippen molar-refractivity contribution in [2.24, 2.45) is 0 Å². The molecule has 0 aliphatic heterocycles. The molecule has 1 unspecified atom stereocenters. The molecule has 0 amide bonds. The van der Waals surface area contributed by atoms with Crippen molar-refractivity contribution in [1.82, 2.24) is 9.97 Å². The highest BCUT2D eigenvalue weighted by molar-refractivity contribution is 5.47. The molecule has 5 nitrogen and oxygen atoms in total. The van der Waals surface area contributed by atoms with Gasteiger partial charge >= 0.3 is 0 Å². The van der Waals surface area contributed by atoms with E-state index < -0.39 is 0 Å². The molecule has 0 bridgehead atoms. The van der Waals surface area contributed by atoms with E-state index in [1.54, 1.807) is 7.11 Å². The summed E-state index contributed by atoms with van der Waals surface area (Å²) in [5, 5.41) is 6.39. The summed E-state index contributed by atoms with van der Waals surface area (Å²) < 4.78 is 5.16. The van der Waals surface area contributed by atoms with Gasteiger partial charge in [0.05, 0.1) is 6.10 Å². The third-order valence-electron chi connectivity index (χ3n) is 2.17. The molecule has 0 radical (unpaired) electrons. The molecule has 0 saturated carbocycles. The predicted octanol–water partition coefficient (Wildman–Crippen LogP) is 1.66. The summed E-state index contributed by atoms with van der Waals surface area (Å²) in [6, 6.07) is 1.90. The van der Waals surface area contributed by atoms with Gasteiger partial charge in [0.1, 0.15) is 17.5 Å². The lowest BCUT2D eigenvalue weighted by Crippen LogP contribution is -2.19. The minimum absolute atomic E-state index is 0.165. The first-order valence-corrected chi connectivity index (χ1v) is 5.52. The van der Waals surface area contributed by atoms with Crippen molar-refractivity contribution in [3.8, 4) is 0 Å². The van der Waals surface area contributed by atoms with Crippen LogP contribution in [0.25, 0.3) is 0 Å². The fraction of sp³-hybridized carbons (Fsp3) is 0.636. The van der Waals surface area contributed by atoms with Crippen LogP contribution in [0.5, 0.6) is 0 Å². The largest absolute Gasteiger partial charge is 0.380 e. The molecule has 0 aromatic carbocycles. The van der Waals surface area contributed by atoms with E-state index in [1.807, 2.05) is 26.8 Å². The Morgan fingerprint density at radius 1 is 1.31 bits per heavy atom. The molecule has 0 spiro atoms. The quantitative estimate of drug-likeness (QED) is 0.769. The number of hydrogen-bond acceptors (Lipinski definition) is 5. The van der Waals surface area contributed by atoms with Crippen LogP contribution in [-0.2, 0) is 4.74 Å². The Morgan fingerprint density at radius 2 is 1.94 bits per heavy atom. The Hall–Kier alpha value is -1.36. The molecule has 0 fully saturated rings. The van der Waals surface area contributed by atoms with Gasteiger partial charge < -0.3 is 15.4 Å². The molecule has 90 valence electrons. The monoisotopic (exact) mass is 224 g/mol. The average molecular weight is 224 g/mol. The molecule has 5 heteroatoms. The summed E-state index contributed by atoms with van der Waals surface area (Å²) in [6.07, 6.45) is 0.165. The minimum atomic E-state index is 0.165.